The molecule has 0 unspecified atom stereocenters. The smallest absolute Gasteiger partial charge is 0.129 e. The van der Waals surface area contributed by atoms with E-state index in [0.717, 1.165) is 11.1 Å². The van der Waals surface area contributed by atoms with Crippen LogP contribution in [0.5, 0.6) is 0 Å². The summed E-state index contributed by atoms with van der Waals surface area (Å²) in [6.45, 7) is 1.90. The second kappa shape index (κ2) is 3.67. The number of aryl methyl sites for hydroxylation is 1. The Balaban J connectivity index is 2.56. The summed E-state index contributed by atoms with van der Waals surface area (Å²) in [5.41, 5.74) is 9.37. The maximum absolute atomic E-state index is 13.6. The third-order valence-electron chi connectivity index (χ3n) is 2.91. The van der Waals surface area contributed by atoms with Gasteiger partial charge in [-0.1, -0.05) is 6.07 Å². The van der Waals surface area contributed by atoms with E-state index in [1.807, 2.05) is 6.92 Å². The van der Waals surface area contributed by atoms with Gasteiger partial charge in [0.15, 0.2) is 0 Å². The average Bonchev–Trinajstić information content (AvgIpc) is 2.63. The van der Waals surface area contributed by atoms with Crippen LogP contribution in [0.2, 0.25) is 0 Å². The zero-order valence-corrected chi connectivity index (χ0v) is 8.33. The Morgan fingerprint density at radius 3 is 2.93 bits per heavy atom. The summed E-state index contributed by atoms with van der Waals surface area (Å²) in [5, 5.41) is 3.39. The lowest BCUT2D eigenvalue weighted by Gasteiger charge is -2.11. The third kappa shape index (κ3) is 1.44. The van der Waals surface area contributed by atoms with Crippen LogP contribution in [0.1, 0.15) is 22.7 Å². The fraction of sp³-hybridized carbons (Fsp3) is 0.400. The van der Waals surface area contributed by atoms with Crippen molar-refractivity contribution in [2.75, 3.05) is 0 Å². The Bertz CT molecular complexity index is 408. The topological polar surface area (TPSA) is 71.5 Å². The molecular weight excluding hydrogens is 197 g/mol. The van der Waals surface area contributed by atoms with Gasteiger partial charge in [-0.15, -0.1) is 0 Å². The zero-order valence-electron chi connectivity index (χ0n) is 8.33. The molecule has 15 heavy (non-hydrogen) atoms. The molecule has 0 bridgehead atoms. The van der Waals surface area contributed by atoms with Gasteiger partial charge in [-0.25, -0.2) is 15.8 Å². The number of hydrogen-bond acceptors (Lipinski definition) is 4. The molecular formula is C10H12FN3O. The maximum atomic E-state index is 13.6. The minimum atomic E-state index is -0.607. The quantitative estimate of drug-likeness (QED) is 0.577. The van der Waals surface area contributed by atoms with Crippen molar-refractivity contribution in [1.29, 1.82) is 5.53 Å². The van der Waals surface area contributed by atoms with Gasteiger partial charge >= 0.3 is 0 Å². The highest BCUT2D eigenvalue weighted by Crippen LogP contribution is 2.38. The SMILES string of the molecule is Cc1ccc(F)c2c1C[C@@H](ON)[C@@H]2N=N. The number of rotatable bonds is 2. The number of hydrogen-bond donors (Lipinski definition) is 2. The van der Waals surface area contributed by atoms with Gasteiger partial charge in [-0.2, -0.15) is 5.11 Å². The predicted molar refractivity (Wildman–Crippen MR) is 51.8 cm³/mol. The van der Waals surface area contributed by atoms with Crippen LogP contribution in [0.25, 0.3) is 0 Å². The summed E-state index contributed by atoms with van der Waals surface area (Å²) >= 11 is 0. The second-order valence-corrected chi connectivity index (χ2v) is 3.71. The monoisotopic (exact) mass is 209 g/mol. The van der Waals surface area contributed by atoms with Crippen LogP contribution in [0.15, 0.2) is 17.2 Å². The summed E-state index contributed by atoms with van der Waals surface area (Å²) in [6, 6.07) is 2.50. The Labute approximate surface area is 86.7 Å². The molecule has 0 radical (unpaired) electrons. The van der Waals surface area contributed by atoms with Crippen LogP contribution in [0.4, 0.5) is 4.39 Å². The van der Waals surface area contributed by atoms with Crippen molar-refractivity contribution < 1.29 is 9.23 Å². The molecule has 1 aliphatic carbocycles. The summed E-state index contributed by atoms with van der Waals surface area (Å²) in [7, 11) is 0. The standard InChI is InChI=1S/C10H12FN3O/c1-5-2-3-7(11)9-6(5)4-8(15-13)10(9)14-12/h2-3,8,10,12H,4,13H2,1H3/t8-,10+/m1/s1. The molecule has 0 amide bonds. The molecule has 0 heterocycles. The van der Waals surface area contributed by atoms with E-state index < -0.39 is 12.1 Å². The highest BCUT2D eigenvalue weighted by atomic mass is 19.1. The van der Waals surface area contributed by atoms with Gasteiger partial charge in [0.05, 0.1) is 0 Å². The summed E-state index contributed by atoms with van der Waals surface area (Å²) < 4.78 is 13.6. The van der Waals surface area contributed by atoms with Crippen molar-refractivity contribution in [3.8, 4) is 0 Å². The van der Waals surface area contributed by atoms with Gasteiger partial charge in [-0.3, -0.25) is 4.84 Å². The van der Waals surface area contributed by atoms with E-state index in [0.29, 0.717) is 12.0 Å². The second-order valence-electron chi connectivity index (χ2n) is 3.71. The van der Waals surface area contributed by atoms with E-state index >= 15 is 0 Å². The van der Waals surface area contributed by atoms with Crippen molar-refractivity contribution in [3.05, 3.63) is 34.6 Å². The molecule has 2 rings (SSSR count). The average molecular weight is 209 g/mol. The van der Waals surface area contributed by atoms with E-state index in [9.17, 15) is 4.39 Å². The van der Waals surface area contributed by atoms with Crippen molar-refractivity contribution >= 4 is 0 Å². The van der Waals surface area contributed by atoms with Crippen molar-refractivity contribution in [3.63, 3.8) is 0 Å². The third-order valence-corrected chi connectivity index (χ3v) is 2.91. The van der Waals surface area contributed by atoms with Gasteiger partial charge < -0.3 is 0 Å². The number of benzene rings is 1. The number of nitrogens with two attached hydrogens (primary N) is 1. The normalized spacial score (nSPS) is 23.9. The van der Waals surface area contributed by atoms with Crippen LogP contribution < -0.4 is 5.90 Å². The molecule has 4 nitrogen and oxygen atoms in total. The van der Waals surface area contributed by atoms with E-state index in [-0.39, 0.29) is 5.82 Å². The minimum Gasteiger partial charge on any atom is -0.298 e. The Morgan fingerprint density at radius 2 is 2.33 bits per heavy atom. The lowest BCUT2D eigenvalue weighted by atomic mass is 10.0. The van der Waals surface area contributed by atoms with Crippen LogP contribution in [-0.4, -0.2) is 6.10 Å². The largest absolute Gasteiger partial charge is 0.298 e. The molecule has 0 saturated heterocycles. The molecule has 0 aromatic heterocycles. The zero-order chi connectivity index (χ0) is 11.0. The first-order valence-electron chi connectivity index (χ1n) is 4.69. The lowest BCUT2D eigenvalue weighted by molar-refractivity contribution is 0.0414. The van der Waals surface area contributed by atoms with Gasteiger partial charge in [0.1, 0.15) is 18.0 Å². The molecule has 3 N–H and O–H groups in total. The first-order chi connectivity index (χ1) is 7.19. The molecule has 1 aromatic rings. The highest BCUT2D eigenvalue weighted by Gasteiger charge is 2.36. The van der Waals surface area contributed by atoms with E-state index in [1.54, 1.807) is 6.07 Å². The molecule has 1 aromatic carbocycles. The number of nitrogens with zero attached hydrogens (tertiary/aromatic N) is 1. The molecule has 0 spiro atoms. The van der Waals surface area contributed by atoms with Crippen LogP contribution in [0, 0.1) is 18.3 Å². The first-order valence-corrected chi connectivity index (χ1v) is 4.69. The van der Waals surface area contributed by atoms with E-state index in [1.165, 1.54) is 6.07 Å². The van der Waals surface area contributed by atoms with Crippen LogP contribution >= 0.6 is 0 Å². The predicted octanol–water partition coefficient (Wildman–Crippen LogP) is 2.02. The fourth-order valence-electron chi connectivity index (χ4n) is 2.10. The van der Waals surface area contributed by atoms with Gasteiger partial charge in [0, 0.05) is 12.0 Å². The Hall–Kier alpha value is -1.33. The van der Waals surface area contributed by atoms with Crippen molar-refractivity contribution in [1.82, 2.24) is 0 Å². The van der Waals surface area contributed by atoms with Crippen LogP contribution in [0.3, 0.4) is 0 Å². The molecule has 1 aliphatic rings. The number of fused-ring (bicyclic) bond motifs is 1. The Kier molecular flexibility index (Phi) is 2.50. The number of nitrogens with one attached hydrogen (secondary N) is 1. The lowest BCUT2D eigenvalue weighted by Crippen LogP contribution is -2.21. The highest BCUT2D eigenvalue weighted by molar-refractivity contribution is 5.42. The van der Waals surface area contributed by atoms with Crippen molar-refractivity contribution in [2.45, 2.75) is 25.5 Å². The van der Waals surface area contributed by atoms with Crippen molar-refractivity contribution in [2.24, 2.45) is 11.0 Å². The minimum absolute atomic E-state index is 0.337. The summed E-state index contributed by atoms with van der Waals surface area (Å²) in [5.74, 6) is 4.78. The fourth-order valence-corrected chi connectivity index (χ4v) is 2.10. The first kappa shape index (κ1) is 10.2. The van der Waals surface area contributed by atoms with Gasteiger partial charge in [-0.05, 0) is 24.1 Å². The molecule has 0 fully saturated rings. The molecule has 2 atom stereocenters. The molecule has 5 heteroatoms. The molecule has 0 saturated carbocycles. The number of halogens is 1. The molecule has 80 valence electrons. The summed E-state index contributed by atoms with van der Waals surface area (Å²) in [6.07, 6.45) is 0.0933. The summed E-state index contributed by atoms with van der Waals surface area (Å²) in [4.78, 5) is 4.73. The Morgan fingerprint density at radius 1 is 1.60 bits per heavy atom. The van der Waals surface area contributed by atoms with Gasteiger partial charge in [0.2, 0.25) is 0 Å². The van der Waals surface area contributed by atoms with E-state index in [4.69, 9.17) is 16.3 Å². The van der Waals surface area contributed by atoms with E-state index in [2.05, 4.69) is 5.11 Å². The molecule has 0 aliphatic heterocycles. The maximum Gasteiger partial charge on any atom is 0.129 e. The van der Waals surface area contributed by atoms with Crippen LogP contribution in [-0.2, 0) is 11.3 Å². The van der Waals surface area contributed by atoms with Gasteiger partial charge in [0.25, 0.3) is 0 Å².